The van der Waals surface area contributed by atoms with Crippen LogP contribution in [0.1, 0.15) is 42.9 Å². The van der Waals surface area contributed by atoms with Gasteiger partial charge in [0.05, 0.1) is 6.10 Å². The van der Waals surface area contributed by atoms with Crippen LogP contribution in [0.5, 0.6) is 0 Å². The Kier molecular flexibility index (Phi) is 3.47. The minimum absolute atomic E-state index is 0.273. The first-order chi connectivity index (χ1) is 7.20. The van der Waals surface area contributed by atoms with E-state index in [2.05, 4.69) is 22.9 Å². The van der Waals surface area contributed by atoms with E-state index in [1.165, 1.54) is 31.2 Å². The SMILES string of the molecule is Cc1c(Br)cccc1C(O)C1CCCC1. The van der Waals surface area contributed by atoms with Crippen LogP contribution in [0.2, 0.25) is 0 Å². The van der Waals surface area contributed by atoms with Gasteiger partial charge < -0.3 is 5.11 Å². The Morgan fingerprint density at radius 2 is 2.00 bits per heavy atom. The van der Waals surface area contributed by atoms with Gasteiger partial charge in [-0.2, -0.15) is 0 Å². The Morgan fingerprint density at radius 3 is 2.67 bits per heavy atom. The molecule has 1 N–H and O–H groups in total. The Labute approximate surface area is 99.6 Å². The molecule has 2 heteroatoms. The highest BCUT2D eigenvalue weighted by Crippen LogP contribution is 2.37. The van der Waals surface area contributed by atoms with Crippen LogP contribution < -0.4 is 0 Å². The average molecular weight is 269 g/mol. The van der Waals surface area contributed by atoms with Crippen molar-refractivity contribution in [3.05, 3.63) is 33.8 Å². The third-order valence-electron chi connectivity index (χ3n) is 3.47. The normalized spacial score (nSPS) is 19.4. The van der Waals surface area contributed by atoms with E-state index >= 15 is 0 Å². The van der Waals surface area contributed by atoms with Gasteiger partial charge in [0.15, 0.2) is 0 Å². The quantitative estimate of drug-likeness (QED) is 0.861. The molecule has 15 heavy (non-hydrogen) atoms. The van der Waals surface area contributed by atoms with E-state index in [0.29, 0.717) is 5.92 Å². The number of hydrogen-bond acceptors (Lipinski definition) is 1. The lowest BCUT2D eigenvalue weighted by Crippen LogP contribution is -2.10. The third-order valence-corrected chi connectivity index (χ3v) is 4.33. The maximum absolute atomic E-state index is 10.3. The number of aliphatic hydroxyl groups is 1. The number of aliphatic hydroxyl groups excluding tert-OH is 1. The van der Waals surface area contributed by atoms with Crippen molar-refractivity contribution in [2.75, 3.05) is 0 Å². The summed E-state index contributed by atoms with van der Waals surface area (Å²) in [6, 6.07) is 6.08. The molecule has 1 saturated carbocycles. The van der Waals surface area contributed by atoms with Crippen molar-refractivity contribution >= 4 is 15.9 Å². The Bertz CT molecular complexity index is 342. The lowest BCUT2D eigenvalue weighted by Gasteiger charge is -2.20. The maximum atomic E-state index is 10.3. The number of halogens is 1. The highest BCUT2D eigenvalue weighted by atomic mass is 79.9. The number of benzene rings is 1. The van der Waals surface area contributed by atoms with Gasteiger partial charge in [0.2, 0.25) is 0 Å². The first-order valence-corrected chi connectivity index (χ1v) is 6.42. The van der Waals surface area contributed by atoms with Gasteiger partial charge in [0.1, 0.15) is 0 Å². The Balaban J connectivity index is 2.24. The Hall–Kier alpha value is -0.340. The lowest BCUT2D eigenvalue weighted by atomic mass is 9.92. The highest BCUT2D eigenvalue weighted by molar-refractivity contribution is 9.10. The van der Waals surface area contributed by atoms with Crippen molar-refractivity contribution in [3.63, 3.8) is 0 Å². The second kappa shape index (κ2) is 4.67. The molecule has 1 fully saturated rings. The zero-order valence-corrected chi connectivity index (χ0v) is 10.6. The van der Waals surface area contributed by atoms with Crippen LogP contribution in [-0.4, -0.2) is 5.11 Å². The van der Waals surface area contributed by atoms with Crippen molar-refractivity contribution in [2.45, 2.75) is 38.7 Å². The van der Waals surface area contributed by atoms with Crippen molar-refractivity contribution in [3.8, 4) is 0 Å². The van der Waals surface area contributed by atoms with E-state index in [1.54, 1.807) is 0 Å². The summed E-state index contributed by atoms with van der Waals surface area (Å²) in [6.07, 6.45) is 4.62. The fourth-order valence-corrected chi connectivity index (χ4v) is 2.85. The molecule has 0 aromatic heterocycles. The largest absolute Gasteiger partial charge is 0.388 e. The van der Waals surface area contributed by atoms with Crippen molar-refractivity contribution in [2.24, 2.45) is 5.92 Å². The molecule has 0 heterocycles. The van der Waals surface area contributed by atoms with Gasteiger partial charge in [-0.3, -0.25) is 0 Å². The first-order valence-electron chi connectivity index (χ1n) is 5.63. The van der Waals surface area contributed by atoms with Crippen molar-refractivity contribution in [1.29, 1.82) is 0 Å². The molecule has 1 unspecified atom stereocenters. The fraction of sp³-hybridized carbons (Fsp3) is 0.538. The lowest BCUT2D eigenvalue weighted by molar-refractivity contribution is 0.111. The van der Waals surface area contributed by atoms with E-state index in [0.717, 1.165) is 10.0 Å². The van der Waals surface area contributed by atoms with Crippen LogP contribution in [0, 0.1) is 12.8 Å². The standard InChI is InChI=1S/C13H17BrO/c1-9-11(7-4-8-12(9)14)13(15)10-5-2-3-6-10/h4,7-8,10,13,15H,2-3,5-6H2,1H3. The third kappa shape index (κ3) is 2.26. The van der Waals surface area contributed by atoms with Crippen molar-refractivity contribution < 1.29 is 5.11 Å². The van der Waals surface area contributed by atoms with E-state index in [-0.39, 0.29) is 6.10 Å². The minimum Gasteiger partial charge on any atom is -0.388 e. The molecule has 1 nitrogen and oxygen atoms in total. The van der Waals surface area contributed by atoms with Gasteiger partial charge >= 0.3 is 0 Å². The van der Waals surface area contributed by atoms with Crippen LogP contribution >= 0.6 is 15.9 Å². The van der Waals surface area contributed by atoms with E-state index in [9.17, 15) is 5.11 Å². The Morgan fingerprint density at radius 1 is 1.33 bits per heavy atom. The number of rotatable bonds is 2. The fourth-order valence-electron chi connectivity index (χ4n) is 2.47. The first kappa shape index (κ1) is 11.2. The highest BCUT2D eigenvalue weighted by Gasteiger charge is 2.25. The molecule has 1 aliphatic rings. The van der Waals surface area contributed by atoms with E-state index < -0.39 is 0 Å². The van der Waals surface area contributed by atoms with Crippen LogP contribution in [-0.2, 0) is 0 Å². The summed E-state index contributed by atoms with van der Waals surface area (Å²) in [5.74, 6) is 0.470. The monoisotopic (exact) mass is 268 g/mol. The molecule has 1 atom stereocenters. The second-order valence-electron chi connectivity index (χ2n) is 4.44. The summed E-state index contributed by atoms with van der Waals surface area (Å²) in [6.45, 7) is 2.07. The zero-order chi connectivity index (χ0) is 10.8. The molecule has 0 saturated heterocycles. The summed E-state index contributed by atoms with van der Waals surface area (Å²) in [5.41, 5.74) is 2.27. The number of hydrogen-bond donors (Lipinski definition) is 1. The predicted molar refractivity (Wildman–Crippen MR) is 65.8 cm³/mol. The van der Waals surface area contributed by atoms with Gasteiger partial charge in [-0.25, -0.2) is 0 Å². The van der Waals surface area contributed by atoms with E-state index in [4.69, 9.17) is 0 Å². The summed E-state index contributed by atoms with van der Waals surface area (Å²) >= 11 is 3.51. The topological polar surface area (TPSA) is 20.2 Å². The molecule has 0 amide bonds. The molecule has 1 aromatic carbocycles. The van der Waals surface area contributed by atoms with Gasteiger partial charge in [-0.1, -0.05) is 40.9 Å². The molecule has 0 bridgehead atoms. The zero-order valence-electron chi connectivity index (χ0n) is 9.04. The van der Waals surface area contributed by atoms with Crippen LogP contribution in [0.15, 0.2) is 22.7 Å². The van der Waals surface area contributed by atoms with Gasteiger partial charge in [0.25, 0.3) is 0 Å². The smallest absolute Gasteiger partial charge is 0.0821 e. The molecule has 82 valence electrons. The van der Waals surface area contributed by atoms with Gasteiger partial charge in [-0.05, 0) is 42.9 Å². The summed E-state index contributed by atoms with van der Waals surface area (Å²) in [5, 5.41) is 10.3. The second-order valence-corrected chi connectivity index (χ2v) is 5.30. The molecule has 1 aliphatic carbocycles. The maximum Gasteiger partial charge on any atom is 0.0821 e. The van der Waals surface area contributed by atoms with Crippen molar-refractivity contribution in [1.82, 2.24) is 0 Å². The predicted octanol–water partition coefficient (Wildman–Crippen LogP) is 3.98. The molecule has 2 rings (SSSR count). The average Bonchev–Trinajstić information content (AvgIpc) is 2.74. The molecule has 0 spiro atoms. The van der Waals surface area contributed by atoms with Crippen LogP contribution in [0.3, 0.4) is 0 Å². The molecular formula is C13H17BrO. The molecular weight excluding hydrogens is 252 g/mol. The molecule has 0 radical (unpaired) electrons. The van der Waals surface area contributed by atoms with Crippen LogP contribution in [0.4, 0.5) is 0 Å². The molecule has 0 aliphatic heterocycles. The minimum atomic E-state index is -0.273. The van der Waals surface area contributed by atoms with Crippen LogP contribution in [0.25, 0.3) is 0 Å². The summed E-state index contributed by atoms with van der Waals surface area (Å²) < 4.78 is 1.09. The van der Waals surface area contributed by atoms with E-state index in [1.807, 2.05) is 18.2 Å². The summed E-state index contributed by atoms with van der Waals surface area (Å²) in [4.78, 5) is 0. The summed E-state index contributed by atoms with van der Waals surface area (Å²) in [7, 11) is 0. The van der Waals surface area contributed by atoms with Gasteiger partial charge in [0, 0.05) is 4.47 Å². The molecule has 1 aromatic rings. The van der Waals surface area contributed by atoms with Gasteiger partial charge in [-0.15, -0.1) is 0 Å².